The molecular weight excluding hydrogens is 234 g/mol. The van der Waals surface area contributed by atoms with Crippen LogP contribution in [0.3, 0.4) is 0 Å². The number of carbonyl (C=O) groups is 1. The Morgan fingerprint density at radius 1 is 0.895 bits per heavy atom. The molecule has 0 bridgehead atoms. The van der Waals surface area contributed by atoms with Crippen LogP contribution in [0.5, 0.6) is 0 Å². The van der Waals surface area contributed by atoms with E-state index in [9.17, 15) is 4.79 Å². The second kappa shape index (κ2) is 9.60. The fraction of sp³-hybridized carbons (Fsp3) is 0.588. The van der Waals surface area contributed by atoms with E-state index in [1.54, 1.807) is 0 Å². The van der Waals surface area contributed by atoms with Gasteiger partial charge in [0.1, 0.15) is 6.29 Å². The van der Waals surface area contributed by atoms with Crippen LogP contribution in [-0.2, 0) is 0 Å². The summed E-state index contributed by atoms with van der Waals surface area (Å²) in [6.45, 7) is 6.72. The first-order valence-corrected chi connectivity index (χ1v) is 7.62. The van der Waals surface area contributed by atoms with E-state index in [-0.39, 0.29) is 0 Å². The predicted octanol–water partition coefficient (Wildman–Crippen LogP) is 4.69. The summed E-state index contributed by atoms with van der Waals surface area (Å²) in [6.07, 6.45) is 8.49. The average molecular weight is 261 g/mol. The molecule has 0 radical (unpaired) electrons. The Hall–Kier alpha value is -1.31. The molecule has 19 heavy (non-hydrogen) atoms. The van der Waals surface area contributed by atoms with Crippen LogP contribution < -0.4 is 4.90 Å². The second-order valence-electron chi connectivity index (χ2n) is 5.11. The normalized spacial score (nSPS) is 10.4. The number of carbonyl (C=O) groups excluding carboxylic acids is 1. The van der Waals surface area contributed by atoms with Crippen LogP contribution in [0.15, 0.2) is 24.3 Å². The van der Waals surface area contributed by atoms with Gasteiger partial charge in [0.05, 0.1) is 0 Å². The number of unbranched alkanes of at least 4 members (excludes halogenated alkanes) is 4. The van der Waals surface area contributed by atoms with Crippen molar-refractivity contribution in [3.05, 3.63) is 29.8 Å². The summed E-state index contributed by atoms with van der Waals surface area (Å²) in [4.78, 5) is 13.2. The maximum absolute atomic E-state index is 10.7. The molecule has 1 aromatic carbocycles. The van der Waals surface area contributed by atoms with Crippen LogP contribution in [0.1, 0.15) is 62.7 Å². The van der Waals surface area contributed by atoms with E-state index in [0.717, 1.165) is 24.9 Å². The first-order chi connectivity index (χ1) is 9.31. The Labute approximate surface area is 117 Å². The molecule has 0 saturated carbocycles. The molecule has 0 aliphatic carbocycles. The van der Waals surface area contributed by atoms with Gasteiger partial charge in [0, 0.05) is 24.3 Å². The van der Waals surface area contributed by atoms with Crippen molar-refractivity contribution in [3.63, 3.8) is 0 Å². The molecule has 1 rings (SSSR count). The van der Waals surface area contributed by atoms with E-state index in [4.69, 9.17) is 0 Å². The Kier molecular flexibility index (Phi) is 7.95. The zero-order valence-corrected chi connectivity index (χ0v) is 12.4. The van der Waals surface area contributed by atoms with Gasteiger partial charge in [0.15, 0.2) is 0 Å². The molecule has 0 unspecified atom stereocenters. The van der Waals surface area contributed by atoms with Gasteiger partial charge in [-0.25, -0.2) is 0 Å². The largest absolute Gasteiger partial charge is 0.372 e. The number of anilines is 1. The highest BCUT2D eigenvalue weighted by molar-refractivity contribution is 5.75. The summed E-state index contributed by atoms with van der Waals surface area (Å²) in [5.41, 5.74) is 2.00. The van der Waals surface area contributed by atoms with Crippen LogP contribution in [0.25, 0.3) is 0 Å². The van der Waals surface area contributed by atoms with Crippen molar-refractivity contribution in [2.45, 2.75) is 52.4 Å². The Balaban J connectivity index is 2.60. The van der Waals surface area contributed by atoms with Crippen molar-refractivity contribution in [1.82, 2.24) is 0 Å². The maximum atomic E-state index is 10.7. The van der Waals surface area contributed by atoms with Gasteiger partial charge in [0.2, 0.25) is 0 Å². The lowest BCUT2D eigenvalue weighted by Crippen LogP contribution is -2.25. The van der Waals surface area contributed by atoms with Crippen molar-refractivity contribution in [2.75, 3.05) is 18.0 Å². The summed E-state index contributed by atoms with van der Waals surface area (Å²) >= 11 is 0. The molecule has 0 heterocycles. The molecule has 0 N–H and O–H groups in total. The average Bonchev–Trinajstić information content (AvgIpc) is 2.46. The summed E-state index contributed by atoms with van der Waals surface area (Å²) in [5.74, 6) is 0. The lowest BCUT2D eigenvalue weighted by molar-refractivity contribution is 0.112. The molecule has 0 aliphatic rings. The summed E-state index contributed by atoms with van der Waals surface area (Å²) in [7, 11) is 0. The topological polar surface area (TPSA) is 20.3 Å². The minimum absolute atomic E-state index is 0.755. The minimum Gasteiger partial charge on any atom is -0.372 e. The zero-order chi connectivity index (χ0) is 13.9. The summed E-state index contributed by atoms with van der Waals surface area (Å²) in [5, 5.41) is 0. The zero-order valence-electron chi connectivity index (χ0n) is 12.4. The smallest absolute Gasteiger partial charge is 0.150 e. The van der Waals surface area contributed by atoms with E-state index >= 15 is 0 Å². The van der Waals surface area contributed by atoms with Crippen LogP contribution >= 0.6 is 0 Å². The lowest BCUT2D eigenvalue weighted by Gasteiger charge is -2.25. The van der Waals surface area contributed by atoms with Gasteiger partial charge in [-0.2, -0.15) is 0 Å². The van der Waals surface area contributed by atoms with E-state index < -0.39 is 0 Å². The van der Waals surface area contributed by atoms with E-state index in [2.05, 4.69) is 30.9 Å². The molecule has 0 fully saturated rings. The fourth-order valence-corrected chi connectivity index (χ4v) is 2.24. The molecular formula is C17H27NO. The number of rotatable bonds is 10. The molecule has 0 spiro atoms. The first-order valence-electron chi connectivity index (χ1n) is 7.62. The number of hydrogen-bond donors (Lipinski definition) is 0. The summed E-state index contributed by atoms with van der Waals surface area (Å²) < 4.78 is 0. The highest BCUT2D eigenvalue weighted by Crippen LogP contribution is 2.17. The SMILES string of the molecule is CCCCCN(CCCCC)c1ccc(C=O)cc1. The molecule has 2 heteroatoms. The van der Waals surface area contributed by atoms with E-state index in [0.29, 0.717) is 0 Å². The van der Waals surface area contributed by atoms with Crippen molar-refractivity contribution in [3.8, 4) is 0 Å². The molecule has 0 aliphatic heterocycles. The number of benzene rings is 1. The van der Waals surface area contributed by atoms with Gasteiger partial charge in [-0.05, 0) is 37.1 Å². The summed E-state index contributed by atoms with van der Waals surface area (Å²) in [6, 6.07) is 7.97. The van der Waals surface area contributed by atoms with E-state index in [1.165, 1.54) is 44.2 Å². The minimum atomic E-state index is 0.755. The molecule has 2 nitrogen and oxygen atoms in total. The van der Waals surface area contributed by atoms with Gasteiger partial charge >= 0.3 is 0 Å². The second-order valence-corrected chi connectivity index (χ2v) is 5.11. The van der Waals surface area contributed by atoms with Crippen molar-refractivity contribution >= 4 is 12.0 Å². The quantitative estimate of drug-likeness (QED) is 0.450. The number of aldehydes is 1. The Bertz CT molecular complexity index is 335. The lowest BCUT2D eigenvalue weighted by atomic mass is 10.1. The van der Waals surface area contributed by atoms with Gasteiger partial charge in [-0.3, -0.25) is 4.79 Å². The molecule has 0 aromatic heterocycles. The fourth-order valence-electron chi connectivity index (χ4n) is 2.24. The van der Waals surface area contributed by atoms with Crippen molar-refractivity contribution in [2.24, 2.45) is 0 Å². The molecule has 1 aromatic rings. The Morgan fingerprint density at radius 2 is 1.42 bits per heavy atom. The maximum Gasteiger partial charge on any atom is 0.150 e. The highest BCUT2D eigenvalue weighted by atomic mass is 16.1. The molecule has 0 saturated heterocycles. The highest BCUT2D eigenvalue weighted by Gasteiger charge is 2.05. The van der Waals surface area contributed by atoms with Crippen LogP contribution in [0.2, 0.25) is 0 Å². The predicted molar refractivity (Wildman–Crippen MR) is 83.1 cm³/mol. The standard InChI is InChI=1S/C17H27NO/c1-3-5-7-13-18(14-8-6-4-2)17-11-9-16(15-19)10-12-17/h9-12,15H,3-8,13-14H2,1-2H3. The van der Waals surface area contributed by atoms with E-state index in [1.807, 2.05) is 12.1 Å². The first kappa shape index (κ1) is 15.7. The molecule has 0 atom stereocenters. The third-order valence-electron chi connectivity index (χ3n) is 3.46. The third kappa shape index (κ3) is 5.91. The van der Waals surface area contributed by atoms with Crippen molar-refractivity contribution < 1.29 is 4.79 Å². The van der Waals surface area contributed by atoms with Crippen LogP contribution in [-0.4, -0.2) is 19.4 Å². The van der Waals surface area contributed by atoms with Gasteiger partial charge < -0.3 is 4.90 Å². The van der Waals surface area contributed by atoms with Gasteiger partial charge in [-0.1, -0.05) is 39.5 Å². The third-order valence-corrected chi connectivity index (χ3v) is 3.46. The van der Waals surface area contributed by atoms with Crippen molar-refractivity contribution in [1.29, 1.82) is 0 Å². The molecule has 106 valence electrons. The van der Waals surface area contributed by atoms with Crippen LogP contribution in [0, 0.1) is 0 Å². The molecule has 0 amide bonds. The van der Waals surface area contributed by atoms with Crippen LogP contribution in [0.4, 0.5) is 5.69 Å². The van der Waals surface area contributed by atoms with Gasteiger partial charge in [0.25, 0.3) is 0 Å². The van der Waals surface area contributed by atoms with Gasteiger partial charge in [-0.15, -0.1) is 0 Å². The monoisotopic (exact) mass is 261 g/mol. The number of hydrogen-bond acceptors (Lipinski definition) is 2. The number of nitrogens with zero attached hydrogens (tertiary/aromatic N) is 1. The Morgan fingerprint density at radius 3 is 1.84 bits per heavy atom.